The number of hydrogen-bond donors (Lipinski definition) is 1. The first-order valence-electron chi connectivity index (χ1n) is 4.94. The highest BCUT2D eigenvalue weighted by molar-refractivity contribution is 9.12. The summed E-state index contributed by atoms with van der Waals surface area (Å²) in [6.07, 6.45) is 0. The molecule has 0 aliphatic carbocycles. The molecular formula is C12H5Br6N. The largest absolute Gasteiger partial charge is 0.352 e. The molecule has 100 valence electrons. The normalized spacial score (nSPS) is 10.6. The molecule has 0 unspecified atom stereocenters. The van der Waals surface area contributed by atoms with E-state index in [0.29, 0.717) is 0 Å². The minimum absolute atomic E-state index is 0.965. The Morgan fingerprint density at radius 3 is 1.05 bits per heavy atom. The molecule has 0 saturated heterocycles. The van der Waals surface area contributed by atoms with Gasteiger partial charge >= 0.3 is 0 Å². The maximum Gasteiger partial charge on any atom is 0.0674 e. The van der Waals surface area contributed by atoms with Crippen LogP contribution in [0, 0.1) is 0 Å². The molecule has 1 N–H and O–H groups in total. The summed E-state index contributed by atoms with van der Waals surface area (Å²) in [7, 11) is 0. The van der Waals surface area contributed by atoms with Crippen LogP contribution in [0.3, 0.4) is 0 Å². The van der Waals surface area contributed by atoms with Crippen molar-refractivity contribution in [1.82, 2.24) is 0 Å². The molecule has 2 aromatic rings. The smallest absolute Gasteiger partial charge is 0.0674 e. The lowest BCUT2D eigenvalue weighted by Gasteiger charge is -2.15. The summed E-state index contributed by atoms with van der Waals surface area (Å²) >= 11 is 21.1. The van der Waals surface area contributed by atoms with Gasteiger partial charge in [-0.15, -0.1) is 0 Å². The fraction of sp³-hybridized carbons (Fsp3) is 0. The van der Waals surface area contributed by atoms with Gasteiger partial charge in [-0.3, -0.25) is 0 Å². The highest BCUT2D eigenvalue weighted by Crippen LogP contribution is 2.41. The number of anilines is 2. The van der Waals surface area contributed by atoms with Crippen molar-refractivity contribution in [2.45, 2.75) is 0 Å². The van der Waals surface area contributed by atoms with E-state index >= 15 is 0 Å². The van der Waals surface area contributed by atoms with Crippen molar-refractivity contribution in [3.63, 3.8) is 0 Å². The van der Waals surface area contributed by atoms with E-state index in [9.17, 15) is 0 Å². The lowest BCUT2D eigenvalue weighted by Crippen LogP contribution is -1.95. The van der Waals surface area contributed by atoms with Crippen LogP contribution in [0.1, 0.15) is 0 Å². The molecule has 19 heavy (non-hydrogen) atoms. The van der Waals surface area contributed by atoms with Gasteiger partial charge in [0, 0.05) is 26.8 Å². The Kier molecular flexibility index (Phi) is 6.01. The van der Waals surface area contributed by atoms with Crippen molar-refractivity contribution in [2.75, 3.05) is 5.32 Å². The molecule has 2 rings (SSSR count). The van der Waals surface area contributed by atoms with Gasteiger partial charge in [0.25, 0.3) is 0 Å². The Hall–Kier alpha value is 1.12. The second kappa shape index (κ2) is 6.92. The fourth-order valence-corrected chi connectivity index (χ4v) is 6.36. The number of halogens is 6. The number of benzene rings is 2. The van der Waals surface area contributed by atoms with Gasteiger partial charge in [0.1, 0.15) is 0 Å². The summed E-state index contributed by atoms with van der Waals surface area (Å²) in [6.45, 7) is 0. The third-order valence-corrected chi connectivity index (χ3v) is 5.68. The van der Waals surface area contributed by atoms with Gasteiger partial charge < -0.3 is 5.32 Å². The molecule has 0 aromatic heterocycles. The average Bonchev–Trinajstić information content (AvgIpc) is 2.25. The summed E-state index contributed by atoms with van der Waals surface area (Å²) < 4.78 is 5.88. The fourth-order valence-electron chi connectivity index (χ4n) is 1.45. The van der Waals surface area contributed by atoms with Gasteiger partial charge in [0.15, 0.2) is 0 Å². The maximum atomic E-state index is 3.56. The van der Waals surface area contributed by atoms with Gasteiger partial charge in [-0.25, -0.2) is 0 Å². The molecule has 0 bridgehead atoms. The van der Waals surface area contributed by atoms with E-state index in [1.807, 2.05) is 24.3 Å². The molecular weight excluding hydrogens is 638 g/mol. The molecule has 1 nitrogen and oxygen atoms in total. The predicted octanol–water partition coefficient (Wildman–Crippen LogP) is 8.01. The van der Waals surface area contributed by atoms with Gasteiger partial charge in [0.2, 0.25) is 0 Å². The molecule has 0 fully saturated rings. The summed E-state index contributed by atoms with van der Waals surface area (Å²) in [5, 5.41) is 3.40. The van der Waals surface area contributed by atoms with Crippen LogP contribution in [0.2, 0.25) is 0 Å². The van der Waals surface area contributed by atoms with E-state index in [0.717, 1.165) is 38.2 Å². The van der Waals surface area contributed by atoms with Crippen LogP contribution < -0.4 is 5.32 Å². The lowest BCUT2D eigenvalue weighted by atomic mass is 10.2. The standard InChI is InChI=1S/C12H5Br6N/c13-5-1-7(15)11(8(16)2-5)19-12-9(17)3-6(14)4-10(12)18/h1-4,19H. The SMILES string of the molecule is Brc1cc(Br)c(Nc2c(Br)cc(Br)cc2Br)c(Br)c1. The van der Waals surface area contributed by atoms with Crippen LogP contribution in [0.25, 0.3) is 0 Å². The molecule has 0 amide bonds. The lowest BCUT2D eigenvalue weighted by molar-refractivity contribution is 1.44. The zero-order valence-corrected chi connectivity index (χ0v) is 18.6. The summed E-state index contributed by atoms with van der Waals surface area (Å²) in [4.78, 5) is 0. The monoisotopic (exact) mass is 637 g/mol. The first kappa shape index (κ1) is 16.5. The van der Waals surface area contributed by atoms with E-state index in [1.54, 1.807) is 0 Å². The first-order chi connectivity index (χ1) is 8.88. The maximum absolute atomic E-state index is 3.56. The van der Waals surface area contributed by atoms with Crippen LogP contribution in [-0.2, 0) is 0 Å². The van der Waals surface area contributed by atoms with Crippen molar-refractivity contribution in [3.05, 3.63) is 51.1 Å². The van der Waals surface area contributed by atoms with Crippen LogP contribution in [0.15, 0.2) is 51.1 Å². The van der Waals surface area contributed by atoms with Crippen molar-refractivity contribution >= 4 is 107 Å². The summed E-state index contributed by atoms with van der Waals surface area (Å²) in [6, 6.07) is 7.98. The van der Waals surface area contributed by atoms with E-state index in [1.165, 1.54) is 0 Å². The van der Waals surface area contributed by atoms with Crippen molar-refractivity contribution in [3.8, 4) is 0 Å². The Morgan fingerprint density at radius 1 is 0.526 bits per heavy atom. The van der Waals surface area contributed by atoms with E-state index in [-0.39, 0.29) is 0 Å². The molecule has 0 spiro atoms. The van der Waals surface area contributed by atoms with Crippen LogP contribution in [0.5, 0.6) is 0 Å². The van der Waals surface area contributed by atoms with Crippen LogP contribution in [-0.4, -0.2) is 0 Å². The van der Waals surface area contributed by atoms with Crippen molar-refractivity contribution in [1.29, 1.82) is 0 Å². The minimum Gasteiger partial charge on any atom is -0.352 e. The summed E-state index contributed by atoms with van der Waals surface area (Å²) in [5.41, 5.74) is 1.93. The Balaban J connectivity index is 2.48. The van der Waals surface area contributed by atoms with Gasteiger partial charge in [-0.05, 0) is 88.0 Å². The number of rotatable bonds is 2. The third-order valence-electron chi connectivity index (χ3n) is 2.26. The predicted molar refractivity (Wildman–Crippen MR) is 102 cm³/mol. The molecule has 0 radical (unpaired) electrons. The van der Waals surface area contributed by atoms with Crippen molar-refractivity contribution < 1.29 is 0 Å². The number of nitrogens with one attached hydrogen (secondary N) is 1. The Morgan fingerprint density at radius 2 is 0.789 bits per heavy atom. The molecule has 0 aliphatic rings. The molecule has 0 atom stereocenters. The molecule has 0 heterocycles. The Bertz CT molecular complexity index is 539. The van der Waals surface area contributed by atoms with Crippen LogP contribution >= 0.6 is 95.6 Å². The highest BCUT2D eigenvalue weighted by Gasteiger charge is 2.12. The first-order valence-corrected chi connectivity index (χ1v) is 9.70. The average molecular weight is 643 g/mol. The highest BCUT2D eigenvalue weighted by atomic mass is 79.9. The van der Waals surface area contributed by atoms with Crippen LogP contribution in [0.4, 0.5) is 11.4 Å². The molecule has 0 saturated carbocycles. The van der Waals surface area contributed by atoms with Gasteiger partial charge in [0.05, 0.1) is 11.4 Å². The Labute approximate surface area is 161 Å². The second-order valence-corrected chi connectivity index (χ2v) is 8.86. The van der Waals surface area contributed by atoms with E-state index in [2.05, 4.69) is 101 Å². The zero-order chi connectivity index (χ0) is 14.2. The molecule has 7 heteroatoms. The molecule has 2 aromatic carbocycles. The topological polar surface area (TPSA) is 12.0 Å². The summed E-state index contributed by atoms with van der Waals surface area (Å²) in [5.74, 6) is 0. The molecule has 0 aliphatic heterocycles. The second-order valence-electron chi connectivity index (χ2n) is 3.61. The zero-order valence-electron chi connectivity index (χ0n) is 9.08. The number of hydrogen-bond acceptors (Lipinski definition) is 1. The quantitative estimate of drug-likeness (QED) is 0.350. The van der Waals surface area contributed by atoms with E-state index in [4.69, 9.17) is 0 Å². The third kappa shape index (κ3) is 4.07. The van der Waals surface area contributed by atoms with Gasteiger partial charge in [-0.2, -0.15) is 0 Å². The van der Waals surface area contributed by atoms with Gasteiger partial charge in [-0.1, -0.05) is 31.9 Å². The minimum atomic E-state index is 0.965. The van der Waals surface area contributed by atoms with E-state index < -0.39 is 0 Å². The van der Waals surface area contributed by atoms with Crippen molar-refractivity contribution in [2.24, 2.45) is 0 Å².